The Morgan fingerprint density at radius 2 is 1.63 bits per heavy atom. The summed E-state index contributed by atoms with van der Waals surface area (Å²) in [5.41, 5.74) is 6.72. The van der Waals surface area contributed by atoms with Gasteiger partial charge in [0.25, 0.3) is 0 Å². The molecule has 1 aliphatic carbocycles. The van der Waals surface area contributed by atoms with Gasteiger partial charge < -0.3 is 29.6 Å². The van der Waals surface area contributed by atoms with E-state index in [-0.39, 0.29) is 12.1 Å². The zero-order valence-corrected chi connectivity index (χ0v) is 24.4. The Kier molecular flexibility index (Phi) is 9.14. The van der Waals surface area contributed by atoms with Gasteiger partial charge in [0.05, 0.1) is 28.4 Å². The van der Waals surface area contributed by atoms with E-state index < -0.39 is 0 Å². The SMILES string of the molecule is COc1ccc(CC2c3cc(OC)c(OC)cc3CCN2CCNC(=O)Nc2ccnc3c2CCCC3)cc1OC. The van der Waals surface area contributed by atoms with Crippen molar-refractivity contribution in [3.8, 4) is 23.0 Å². The number of hydrogen-bond donors (Lipinski definition) is 2. The first-order valence-electron chi connectivity index (χ1n) is 14.3. The monoisotopic (exact) mass is 560 g/mol. The molecule has 1 aromatic heterocycles. The Morgan fingerprint density at radius 3 is 2.41 bits per heavy atom. The highest BCUT2D eigenvalue weighted by Crippen LogP contribution is 2.40. The summed E-state index contributed by atoms with van der Waals surface area (Å²) >= 11 is 0. The Bertz CT molecular complexity index is 1380. The standard InChI is InChI=1S/C32H40N4O5/c1-38-28-10-9-21(18-29(28)39-2)17-27-24-20-31(41-4)30(40-3)19-22(24)12-15-36(27)16-14-34-32(37)35-26-11-13-33-25-8-6-5-7-23(25)26/h9-11,13,18-20,27H,5-8,12,14-17H2,1-4H3,(H2,33,34,35,37). The molecule has 0 fully saturated rings. The molecule has 0 radical (unpaired) electrons. The number of methoxy groups -OCH3 is 4. The highest BCUT2D eigenvalue weighted by Gasteiger charge is 2.29. The molecule has 1 aliphatic heterocycles. The lowest BCUT2D eigenvalue weighted by Crippen LogP contribution is -2.42. The van der Waals surface area contributed by atoms with E-state index in [2.05, 4.69) is 38.7 Å². The largest absolute Gasteiger partial charge is 0.493 e. The normalized spacial score (nSPS) is 16.2. The van der Waals surface area contributed by atoms with Crippen LogP contribution in [0.5, 0.6) is 23.0 Å². The fourth-order valence-corrected chi connectivity index (χ4v) is 6.04. The predicted octanol–water partition coefficient (Wildman–Crippen LogP) is 4.96. The number of aryl methyl sites for hydroxylation is 1. The van der Waals surface area contributed by atoms with Crippen LogP contribution in [-0.4, -0.2) is 64.0 Å². The number of anilines is 1. The Hall–Kier alpha value is -3.98. The van der Waals surface area contributed by atoms with Crippen LogP contribution in [0, 0.1) is 0 Å². The molecule has 2 heterocycles. The number of amides is 2. The molecule has 1 unspecified atom stereocenters. The first-order valence-corrected chi connectivity index (χ1v) is 14.3. The quantitative estimate of drug-likeness (QED) is 0.362. The van der Waals surface area contributed by atoms with Crippen molar-refractivity contribution in [2.75, 3.05) is 53.4 Å². The fraction of sp³-hybridized carbons (Fsp3) is 0.438. The summed E-state index contributed by atoms with van der Waals surface area (Å²) in [7, 11) is 6.62. The fourth-order valence-electron chi connectivity index (χ4n) is 6.04. The maximum atomic E-state index is 12.9. The van der Waals surface area contributed by atoms with Gasteiger partial charge in [-0.1, -0.05) is 6.07 Å². The first kappa shape index (κ1) is 28.5. The Balaban J connectivity index is 1.32. The second-order valence-corrected chi connectivity index (χ2v) is 10.5. The number of nitrogens with one attached hydrogen (secondary N) is 2. The number of benzene rings is 2. The lowest BCUT2D eigenvalue weighted by Gasteiger charge is -2.38. The number of pyridine rings is 1. The van der Waals surface area contributed by atoms with E-state index in [9.17, 15) is 4.79 Å². The van der Waals surface area contributed by atoms with Gasteiger partial charge in [0, 0.05) is 43.3 Å². The molecule has 9 heteroatoms. The third kappa shape index (κ3) is 6.35. The molecule has 1 atom stereocenters. The molecule has 5 rings (SSSR count). The topological polar surface area (TPSA) is 94.2 Å². The lowest BCUT2D eigenvalue weighted by atomic mass is 9.88. The second-order valence-electron chi connectivity index (χ2n) is 10.5. The summed E-state index contributed by atoms with van der Waals surface area (Å²) in [5, 5.41) is 6.14. The van der Waals surface area contributed by atoms with E-state index in [1.165, 1.54) is 16.7 Å². The third-order valence-electron chi connectivity index (χ3n) is 8.16. The van der Waals surface area contributed by atoms with Crippen LogP contribution in [0.1, 0.15) is 46.8 Å². The molecular formula is C32H40N4O5. The highest BCUT2D eigenvalue weighted by molar-refractivity contribution is 5.90. The van der Waals surface area contributed by atoms with Gasteiger partial charge in [0.1, 0.15) is 0 Å². The second kappa shape index (κ2) is 13.1. The van der Waals surface area contributed by atoms with E-state index in [4.69, 9.17) is 18.9 Å². The van der Waals surface area contributed by atoms with E-state index in [1.807, 2.05) is 18.2 Å². The zero-order valence-electron chi connectivity index (χ0n) is 24.4. The summed E-state index contributed by atoms with van der Waals surface area (Å²) in [5.74, 6) is 2.86. The van der Waals surface area contributed by atoms with Crippen LogP contribution in [0.4, 0.5) is 10.5 Å². The van der Waals surface area contributed by atoms with E-state index >= 15 is 0 Å². The maximum Gasteiger partial charge on any atom is 0.319 e. The van der Waals surface area contributed by atoms with Gasteiger partial charge in [-0.25, -0.2) is 4.79 Å². The van der Waals surface area contributed by atoms with Crippen LogP contribution >= 0.6 is 0 Å². The number of nitrogens with zero attached hydrogens (tertiary/aromatic N) is 2. The molecule has 2 amide bonds. The van der Waals surface area contributed by atoms with Crippen molar-refractivity contribution in [3.05, 3.63) is 70.5 Å². The molecule has 0 saturated heterocycles. The molecule has 2 N–H and O–H groups in total. The van der Waals surface area contributed by atoms with Gasteiger partial charge in [-0.2, -0.15) is 0 Å². The molecule has 0 saturated carbocycles. The van der Waals surface area contributed by atoms with Crippen molar-refractivity contribution in [1.29, 1.82) is 0 Å². The van der Waals surface area contributed by atoms with E-state index in [1.54, 1.807) is 34.6 Å². The average molecular weight is 561 g/mol. The number of rotatable bonds is 10. The number of hydrogen-bond acceptors (Lipinski definition) is 7. The summed E-state index contributed by atoms with van der Waals surface area (Å²) in [4.78, 5) is 19.8. The van der Waals surface area contributed by atoms with Crippen LogP contribution in [0.3, 0.4) is 0 Å². The molecular weight excluding hydrogens is 520 g/mol. The van der Waals surface area contributed by atoms with Gasteiger partial charge in [0.2, 0.25) is 0 Å². The molecule has 41 heavy (non-hydrogen) atoms. The minimum absolute atomic E-state index is 0.0775. The molecule has 0 bridgehead atoms. The highest BCUT2D eigenvalue weighted by atomic mass is 16.5. The summed E-state index contributed by atoms with van der Waals surface area (Å²) in [6, 6.07) is 12.0. The van der Waals surface area contributed by atoms with Gasteiger partial charge in [0.15, 0.2) is 23.0 Å². The number of carbonyl (C=O) groups excluding carboxylic acids is 1. The minimum Gasteiger partial charge on any atom is -0.493 e. The Labute approximate surface area is 242 Å². The maximum absolute atomic E-state index is 12.9. The van der Waals surface area contributed by atoms with Crippen LogP contribution in [0.2, 0.25) is 0 Å². The number of fused-ring (bicyclic) bond motifs is 2. The van der Waals surface area contributed by atoms with Crippen LogP contribution in [-0.2, 0) is 25.7 Å². The van der Waals surface area contributed by atoms with Gasteiger partial charge in [-0.05, 0) is 91.1 Å². The molecule has 218 valence electrons. The zero-order chi connectivity index (χ0) is 28.8. The Morgan fingerprint density at radius 1 is 0.902 bits per heavy atom. The van der Waals surface area contributed by atoms with E-state index in [0.717, 1.165) is 67.8 Å². The van der Waals surface area contributed by atoms with Crippen LogP contribution < -0.4 is 29.6 Å². The predicted molar refractivity (Wildman–Crippen MR) is 159 cm³/mol. The van der Waals surface area contributed by atoms with Crippen molar-refractivity contribution in [2.45, 2.75) is 44.6 Å². The van der Waals surface area contributed by atoms with Crippen LogP contribution in [0.15, 0.2) is 42.6 Å². The smallest absolute Gasteiger partial charge is 0.319 e. The van der Waals surface area contributed by atoms with Crippen LogP contribution in [0.25, 0.3) is 0 Å². The number of aromatic nitrogens is 1. The molecule has 0 spiro atoms. The van der Waals surface area contributed by atoms with Crippen molar-refractivity contribution >= 4 is 11.7 Å². The number of urea groups is 1. The molecule has 2 aliphatic rings. The van der Waals surface area contributed by atoms with Crippen molar-refractivity contribution in [2.24, 2.45) is 0 Å². The first-order chi connectivity index (χ1) is 20.0. The molecule has 3 aromatic rings. The number of ether oxygens (including phenoxy) is 4. The summed E-state index contributed by atoms with van der Waals surface area (Å²) < 4.78 is 22.3. The summed E-state index contributed by atoms with van der Waals surface area (Å²) in [6.07, 6.45) is 7.64. The molecule has 2 aromatic carbocycles. The summed E-state index contributed by atoms with van der Waals surface area (Å²) in [6.45, 7) is 2.08. The van der Waals surface area contributed by atoms with Gasteiger partial charge >= 0.3 is 6.03 Å². The molecule has 9 nitrogen and oxygen atoms in total. The number of carbonyl (C=O) groups is 1. The minimum atomic E-state index is -0.191. The van der Waals surface area contributed by atoms with Crippen molar-refractivity contribution in [3.63, 3.8) is 0 Å². The van der Waals surface area contributed by atoms with E-state index in [0.29, 0.717) is 30.3 Å². The van der Waals surface area contributed by atoms with Crippen molar-refractivity contribution in [1.82, 2.24) is 15.2 Å². The van der Waals surface area contributed by atoms with Crippen molar-refractivity contribution < 1.29 is 23.7 Å². The van der Waals surface area contributed by atoms with Gasteiger partial charge in [-0.15, -0.1) is 0 Å². The van der Waals surface area contributed by atoms with Gasteiger partial charge in [-0.3, -0.25) is 9.88 Å². The lowest BCUT2D eigenvalue weighted by molar-refractivity contribution is 0.183. The average Bonchev–Trinajstić information content (AvgIpc) is 3.01. The third-order valence-corrected chi connectivity index (χ3v) is 8.16.